The summed E-state index contributed by atoms with van der Waals surface area (Å²) in [4.78, 5) is 18.5. The summed E-state index contributed by atoms with van der Waals surface area (Å²) < 4.78 is 10.3. The van der Waals surface area contributed by atoms with Gasteiger partial charge in [-0.1, -0.05) is 0 Å². The quantitative estimate of drug-likeness (QED) is 0.861. The van der Waals surface area contributed by atoms with E-state index < -0.39 is 5.97 Å². The maximum atomic E-state index is 10.7. The Bertz CT molecular complexity index is 614. The van der Waals surface area contributed by atoms with Crippen LogP contribution in [0.15, 0.2) is 30.6 Å². The van der Waals surface area contributed by atoms with Crippen LogP contribution >= 0.6 is 0 Å². The van der Waals surface area contributed by atoms with E-state index in [4.69, 9.17) is 14.6 Å². The van der Waals surface area contributed by atoms with E-state index in [9.17, 15) is 4.79 Å². The molecule has 2 rings (SSSR count). The third-order valence-corrected chi connectivity index (χ3v) is 2.54. The molecule has 20 heavy (non-hydrogen) atoms. The Balaban J connectivity index is 2.19. The Kier molecular flexibility index (Phi) is 3.99. The summed E-state index contributed by atoms with van der Waals surface area (Å²) >= 11 is 0. The van der Waals surface area contributed by atoms with Gasteiger partial charge >= 0.3 is 5.97 Å². The van der Waals surface area contributed by atoms with Crippen molar-refractivity contribution in [3.05, 3.63) is 36.2 Å². The predicted octanol–water partition coefficient (Wildman–Crippen LogP) is 1.94. The standard InChI is InChI=1S/C13H13N3O4/c1-19-10-4-3-9(5-11(10)20-2)16-13-14-6-8(7-15-13)12(17)18/h3-7H,1-2H3,(H,17,18)(H,14,15,16). The molecule has 0 aliphatic rings. The molecule has 0 fully saturated rings. The second-order valence-corrected chi connectivity index (χ2v) is 3.80. The number of carboxylic acids is 1. The molecule has 2 N–H and O–H groups in total. The molecule has 0 amide bonds. The van der Waals surface area contributed by atoms with Crippen LogP contribution in [0.3, 0.4) is 0 Å². The number of carboxylic acid groups (broad SMARTS) is 1. The Morgan fingerprint density at radius 2 is 1.80 bits per heavy atom. The van der Waals surface area contributed by atoms with Gasteiger partial charge in [0.2, 0.25) is 5.95 Å². The monoisotopic (exact) mass is 275 g/mol. The van der Waals surface area contributed by atoms with Gasteiger partial charge in [0.05, 0.1) is 19.8 Å². The molecule has 0 atom stereocenters. The van der Waals surface area contributed by atoms with Gasteiger partial charge in [-0.3, -0.25) is 0 Å². The highest BCUT2D eigenvalue weighted by molar-refractivity contribution is 5.86. The third-order valence-electron chi connectivity index (χ3n) is 2.54. The third kappa shape index (κ3) is 2.94. The summed E-state index contributed by atoms with van der Waals surface area (Å²) in [6.45, 7) is 0. The van der Waals surface area contributed by atoms with Crippen molar-refractivity contribution in [2.45, 2.75) is 0 Å². The maximum absolute atomic E-state index is 10.7. The molecule has 1 aromatic heterocycles. The summed E-state index contributed by atoms with van der Waals surface area (Å²) in [5.41, 5.74) is 0.730. The van der Waals surface area contributed by atoms with Crippen LogP contribution in [-0.4, -0.2) is 35.3 Å². The minimum atomic E-state index is -1.07. The van der Waals surface area contributed by atoms with Gasteiger partial charge < -0.3 is 19.9 Å². The van der Waals surface area contributed by atoms with E-state index in [1.807, 2.05) is 0 Å². The van der Waals surface area contributed by atoms with Crippen LogP contribution in [0, 0.1) is 0 Å². The van der Waals surface area contributed by atoms with Crippen LogP contribution < -0.4 is 14.8 Å². The van der Waals surface area contributed by atoms with Gasteiger partial charge in [-0.05, 0) is 12.1 Å². The van der Waals surface area contributed by atoms with E-state index in [1.54, 1.807) is 32.4 Å². The highest BCUT2D eigenvalue weighted by atomic mass is 16.5. The molecule has 0 unspecified atom stereocenters. The van der Waals surface area contributed by atoms with E-state index in [-0.39, 0.29) is 5.56 Å². The number of aromatic carboxylic acids is 1. The molecule has 1 aromatic carbocycles. The zero-order valence-corrected chi connectivity index (χ0v) is 11.0. The minimum absolute atomic E-state index is 0.0304. The highest BCUT2D eigenvalue weighted by Crippen LogP contribution is 2.30. The molecular formula is C13H13N3O4. The molecule has 7 heteroatoms. The topological polar surface area (TPSA) is 93.6 Å². The van der Waals surface area contributed by atoms with Gasteiger partial charge in [-0.2, -0.15) is 0 Å². The van der Waals surface area contributed by atoms with Gasteiger partial charge in [0.1, 0.15) is 0 Å². The second kappa shape index (κ2) is 5.87. The number of aromatic nitrogens is 2. The lowest BCUT2D eigenvalue weighted by Crippen LogP contribution is -2.02. The van der Waals surface area contributed by atoms with E-state index in [0.29, 0.717) is 23.1 Å². The number of methoxy groups -OCH3 is 2. The highest BCUT2D eigenvalue weighted by Gasteiger charge is 2.07. The molecule has 7 nitrogen and oxygen atoms in total. The zero-order valence-electron chi connectivity index (χ0n) is 11.0. The largest absolute Gasteiger partial charge is 0.493 e. The number of rotatable bonds is 5. The Morgan fingerprint density at radius 3 is 2.35 bits per heavy atom. The molecule has 0 aliphatic carbocycles. The van der Waals surface area contributed by atoms with E-state index in [1.165, 1.54) is 12.4 Å². The smallest absolute Gasteiger partial charge is 0.338 e. The van der Waals surface area contributed by atoms with Crippen molar-refractivity contribution in [1.82, 2.24) is 9.97 Å². The Hall–Kier alpha value is -2.83. The van der Waals surface area contributed by atoms with Gasteiger partial charge in [0, 0.05) is 24.1 Å². The fourth-order valence-corrected chi connectivity index (χ4v) is 1.55. The fourth-order valence-electron chi connectivity index (χ4n) is 1.55. The number of hydrogen-bond donors (Lipinski definition) is 2. The van der Waals surface area contributed by atoms with Crippen LogP contribution in [0.4, 0.5) is 11.6 Å². The van der Waals surface area contributed by atoms with Gasteiger partial charge in [-0.15, -0.1) is 0 Å². The van der Waals surface area contributed by atoms with Crippen LogP contribution in [0.5, 0.6) is 11.5 Å². The second-order valence-electron chi connectivity index (χ2n) is 3.80. The van der Waals surface area contributed by atoms with Crippen molar-refractivity contribution in [2.24, 2.45) is 0 Å². The van der Waals surface area contributed by atoms with Crippen LogP contribution in [0.1, 0.15) is 10.4 Å². The molecule has 0 saturated carbocycles. The van der Waals surface area contributed by atoms with Crippen LogP contribution in [0.2, 0.25) is 0 Å². The number of ether oxygens (including phenoxy) is 2. The predicted molar refractivity (Wildman–Crippen MR) is 71.8 cm³/mol. The summed E-state index contributed by atoms with van der Waals surface area (Å²) in [7, 11) is 3.10. The molecule has 0 bridgehead atoms. The Labute approximate surface area is 115 Å². The molecule has 0 radical (unpaired) electrons. The zero-order chi connectivity index (χ0) is 14.5. The van der Waals surface area contributed by atoms with Crippen molar-refractivity contribution in [2.75, 3.05) is 19.5 Å². The van der Waals surface area contributed by atoms with Gasteiger partial charge in [0.15, 0.2) is 11.5 Å². The molecule has 0 spiro atoms. The van der Waals surface area contributed by atoms with Crippen LogP contribution in [-0.2, 0) is 0 Å². The van der Waals surface area contributed by atoms with Crippen LogP contribution in [0.25, 0.3) is 0 Å². The summed E-state index contributed by atoms with van der Waals surface area (Å²) in [5.74, 6) is 0.407. The van der Waals surface area contributed by atoms with E-state index in [2.05, 4.69) is 15.3 Å². The lowest BCUT2D eigenvalue weighted by molar-refractivity contribution is 0.0696. The van der Waals surface area contributed by atoms with Crippen molar-refractivity contribution in [3.63, 3.8) is 0 Å². The fraction of sp³-hybridized carbons (Fsp3) is 0.154. The lowest BCUT2D eigenvalue weighted by Gasteiger charge is -2.10. The lowest BCUT2D eigenvalue weighted by atomic mass is 10.3. The first-order valence-corrected chi connectivity index (χ1v) is 5.68. The minimum Gasteiger partial charge on any atom is -0.493 e. The Morgan fingerprint density at radius 1 is 1.15 bits per heavy atom. The van der Waals surface area contributed by atoms with Crippen molar-refractivity contribution >= 4 is 17.6 Å². The number of carbonyl (C=O) groups is 1. The van der Waals surface area contributed by atoms with E-state index >= 15 is 0 Å². The average molecular weight is 275 g/mol. The first-order chi connectivity index (χ1) is 9.63. The first-order valence-electron chi connectivity index (χ1n) is 5.68. The van der Waals surface area contributed by atoms with Gasteiger partial charge in [-0.25, -0.2) is 14.8 Å². The molecule has 0 aliphatic heterocycles. The van der Waals surface area contributed by atoms with Crippen molar-refractivity contribution in [3.8, 4) is 11.5 Å². The molecule has 1 heterocycles. The summed E-state index contributed by atoms with van der Waals surface area (Å²) in [6.07, 6.45) is 2.47. The summed E-state index contributed by atoms with van der Waals surface area (Å²) in [5, 5.41) is 11.7. The average Bonchev–Trinajstić information content (AvgIpc) is 2.47. The molecule has 0 saturated heterocycles. The van der Waals surface area contributed by atoms with Crippen molar-refractivity contribution < 1.29 is 19.4 Å². The molecule has 2 aromatic rings. The summed E-state index contributed by atoms with van der Waals surface area (Å²) in [6, 6.07) is 5.25. The van der Waals surface area contributed by atoms with E-state index in [0.717, 1.165) is 0 Å². The number of anilines is 2. The number of benzene rings is 1. The molecule has 104 valence electrons. The number of nitrogens with one attached hydrogen (secondary N) is 1. The number of hydrogen-bond acceptors (Lipinski definition) is 6. The number of nitrogens with zero attached hydrogens (tertiary/aromatic N) is 2. The van der Waals surface area contributed by atoms with Crippen molar-refractivity contribution in [1.29, 1.82) is 0 Å². The molecular weight excluding hydrogens is 262 g/mol. The maximum Gasteiger partial charge on any atom is 0.338 e. The SMILES string of the molecule is COc1ccc(Nc2ncc(C(=O)O)cn2)cc1OC. The normalized spacial score (nSPS) is 9.90. The first kappa shape index (κ1) is 13.6. The van der Waals surface area contributed by atoms with Gasteiger partial charge in [0.25, 0.3) is 0 Å².